The van der Waals surface area contributed by atoms with Crippen molar-refractivity contribution in [3.63, 3.8) is 0 Å². The van der Waals surface area contributed by atoms with E-state index < -0.39 is 5.97 Å². The van der Waals surface area contributed by atoms with Crippen LogP contribution in [0, 0.1) is 0 Å². The number of aliphatic carboxylic acids is 1. The maximum absolute atomic E-state index is 10.8. The lowest BCUT2D eigenvalue weighted by Crippen LogP contribution is -2.47. The first-order valence-electron chi connectivity index (χ1n) is 9.58. The van der Waals surface area contributed by atoms with Crippen molar-refractivity contribution in [3.05, 3.63) is 65.7 Å². The van der Waals surface area contributed by atoms with Gasteiger partial charge in [0.1, 0.15) is 12.4 Å². The Morgan fingerprint density at radius 3 is 2.79 bits per heavy atom. The fourth-order valence-corrected chi connectivity index (χ4v) is 3.41. The molecular weight excluding hydrogens is 356 g/mol. The number of nitrogens with zero attached hydrogens (tertiary/aromatic N) is 2. The number of morpholine rings is 1. The van der Waals surface area contributed by atoms with Crippen LogP contribution in [0.15, 0.2) is 54.6 Å². The molecule has 2 aromatic rings. The number of benzene rings is 2. The van der Waals surface area contributed by atoms with E-state index in [1.165, 1.54) is 5.56 Å². The van der Waals surface area contributed by atoms with E-state index in [0.717, 1.165) is 30.9 Å². The Hall–Kier alpha value is -2.41. The lowest BCUT2D eigenvalue weighted by molar-refractivity contribution is -0.138. The Morgan fingerprint density at radius 2 is 2.00 bits per heavy atom. The van der Waals surface area contributed by atoms with Gasteiger partial charge in [0.05, 0.1) is 19.3 Å². The van der Waals surface area contributed by atoms with Gasteiger partial charge >= 0.3 is 5.97 Å². The van der Waals surface area contributed by atoms with E-state index in [2.05, 4.69) is 29.2 Å². The maximum Gasteiger partial charge on any atom is 0.317 e. The molecule has 1 fully saturated rings. The first kappa shape index (κ1) is 20.3. The van der Waals surface area contributed by atoms with Crippen LogP contribution < -0.4 is 4.74 Å². The molecule has 150 valence electrons. The molecule has 1 aliphatic heterocycles. The third kappa shape index (κ3) is 6.64. The number of ether oxygens (including phenoxy) is 2. The van der Waals surface area contributed by atoms with Crippen molar-refractivity contribution in [2.45, 2.75) is 19.3 Å². The van der Waals surface area contributed by atoms with E-state index >= 15 is 0 Å². The third-order valence-electron chi connectivity index (χ3n) is 4.70. The predicted octanol–water partition coefficient (Wildman–Crippen LogP) is 2.48. The number of carbonyl (C=O) groups is 1. The van der Waals surface area contributed by atoms with E-state index in [1.54, 1.807) is 4.90 Å². The molecule has 0 saturated carbocycles. The van der Waals surface area contributed by atoms with E-state index in [4.69, 9.17) is 14.6 Å². The van der Waals surface area contributed by atoms with E-state index in [-0.39, 0.29) is 12.6 Å². The van der Waals surface area contributed by atoms with Gasteiger partial charge in [-0.2, -0.15) is 0 Å². The van der Waals surface area contributed by atoms with Crippen molar-refractivity contribution >= 4 is 5.97 Å². The summed E-state index contributed by atoms with van der Waals surface area (Å²) in [4.78, 5) is 15.0. The lowest BCUT2D eigenvalue weighted by atomic mass is 10.1. The second-order valence-electron chi connectivity index (χ2n) is 7.24. The molecule has 1 saturated heterocycles. The number of likely N-dealkylation sites (N-methyl/N-ethyl adjacent to an activating group) is 1. The zero-order valence-corrected chi connectivity index (χ0v) is 16.3. The summed E-state index contributed by atoms with van der Waals surface area (Å²) in [5, 5.41) is 8.90. The molecule has 6 heteroatoms. The molecular formula is C22H28N2O4. The zero-order valence-electron chi connectivity index (χ0n) is 16.3. The molecule has 0 radical (unpaired) electrons. The van der Waals surface area contributed by atoms with Crippen LogP contribution in [-0.4, -0.2) is 66.8 Å². The molecule has 1 atom stereocenters. The SMILES string of the molecule is CN(CC(=O)O)CC1CN(Cc2cccc(OCc3ccccc3)c2)CCO1. The second kappa shape index (κ2) is 10.2. The molecule has 1 aliphatic rings. The second-order valence-corrected chi connectivity index (χ2v) is 7.24. The quantitative estimate of drug-likeness (QED) is 0.717. The molecule has 0 amide bonds. The van der Waals surface area contributed by atoms with Crippen molar-refractivity contribution < 1.29 is 19.4 Å². The molecule has 0 aromatic heterocycles. The van der Waals surface area contributed by atoms with Crippen molar-refractivity contribution in [2.24, 2.45) is 0 Å². The number of hydrogen-bond acceptors (Lipinski definition) is 5. The van der Waals surface area contributed by atoms with Crippen LogP contribution in [0.4, 0.5) is 0 Å². The smallest absolute Gasteiger partial charge is 0.317 e. The van der Waals surface area contributed by atoms with Crippen LogP contribution in [0.3, 0.4) is 0 Å². The highest BCUT2D eigenvalue weighted by Gasteiger charge is 2.22. The largest absolute Gasteiger partial charge is 0.489 e. The summed E-state index contributed by atoms with van der Waals surface area (Å²) in [6.07, 6.45) is 0.0237. The summed E-state index contributed by atoms with van der Waals surface area (Å²) in [6, 6.07) is 18.3. The van der Waals surface area contributed by atoms with Gasteiger partial charge in [-0.1, -0.05) is 42.5 Å². The van der Waals surface area contributed by atoms with E-state index in [9.17, 15) is 4.79 Å². The highest BCUT2D eigenvalue weighted by Crippen LogP contribution is 2.18. The average molecular weight is 384 g/mol. The Labute approximate surface area is 166 Å². The minimum Gasteiger partial charge on any atom is -0.489 e. The van der Waals surface area contributed by atoms with Crippen LogP contribution in [-0.2, 0) is 22.7 Å². The summed E-state index contributed by atoms with van der Waals surface area (Å²) in [5.74, 6) is 0.0508. The summed E-state index contributed by atoms with van der Waals surface area (Å²) >= 11 is 0. The van der Waals surface area contributed by atoms with Crippen LogP contribution in [0.1, 0.15) is 11.1 Å². The number of hydrogen-bond donors (Lipinski definition) is 1. The minimum absolute atomic E-state index is 0.0237. The highest BCUT2D eigenvalue weighted by molar-refractivity contribution is 5.69. The van der Waals surface area contributed by atoms with Gasteiger partial charge in [0.25, 0.3) is 0 Å². The summed E-state index contributed by atoms with van der Waals surface area (Å²) in [7, 11) is 1.81. The summed E-state index contributed by atoms with van der Waals surface area (Å²) < 4.78 is 11.7. The molecule has 1 N–H and O–H groups in total. The molecule has 28 heavy (non-hydrogen) atoms. The average Bonchev–Trinajstić information content (AvgIpc) is 2.67. The van der Waals surface area contributed by atoms with Crippen molar-refractivity contribution in [2.75, 3.05) is 39.8 Å². The molecule has 2 aromatic carbocycles. The van der Waals surface area contributed by atoms with Crippen molar-refractivity contribution in [1.29, 1.82) is 0 Å². The number of carboxylic acids is 1. The Balaban J connectivity index is 1.51. The number of carboxylic acid groups (broad SMARTS) is 1. The zero-order chi connectivity index (χ0) is 19.8. The van der Waals surface area contributed by atoms with E-state index in [0.29, 0.717) is 19.8 Å². The first-order chi connectivity index (χ1) is 13.6. The summed E-state index contributed by atoms with van der Waals surface area (Å²) in [6.45, 7) is 4.34. The normalized spacial score (nSPS) is 17.6. The van der Waals surface area contributed by atoms with Gasteiger partial charge < -0.3 is 14.6 Å². The molecule has 0 spiro atoms. The van der Waals surface area contributed by atoms with Crippen molar-refractivity contribution in [1.82, 2.24) is 9.80 Å². The fourth-order valence-electron chi connectivity index (χ4n) is 3.41. The molecule has 6 nitrogen and oxygen atoms in total. The molecule has 1 unspecified atom stereocenters. The van der Waals surface area contributed by atoms with Gasteiger partial charge in [0, 0.05) is 26.2 Å². The lowest BCUT2D eigenvalue weighted by Gasteiger charge is -2.34. The third-order valence-corrected chi connectivity index (χ3v) is 4.70. The Bertz CT molecular complexity index is 753. The van der Waals surface area contributed by atoms with Crippen molar-refractivity contribution in [3.8, 4) is 5.75 Å². The molecule has 1 heterocycles. The summed E-state index contributed by atoms with van der Waals surface area (Å²) in [5.41, 5.74) is 2.35. The highest BCUT2D eigenvalue weighted by atomic mass is 16.5. The van der Waals surface area contributed by atoms with Crippen LogP contribution >= 0.6 is 0 Å². The first-order valence-corrected chi connectivity index (χ1v) is 9.58. The van der Waals surface area contributed by atoms with Gasteiger partial charge in [0.2, 0.25) is 0 Å². The number of rotatable bonds is 9. The Kier molecular flexibility index (Phi) is 7.42. The van der Waals surface area contributed by atoms with Gasteiger partial charge in [-0.05, 0) is 30.3 Å². The Morgan fingerprint density at radius 1 is 1.21 bits per heavy atom. The van der Waals surface area contributed by atoms with Gasteiger partial charge in [0.15, 0.2) is 0 Å². The maximum atomic E-state index is 10.8. The van der Waals surface area contributed by atoms with Gasteiger partial charge in [-0.25, -0.2) is 0 Å². The molecule has 0 aliphatic carbocycles. The molecule has 3 rings (SSSR count). The van der Waals surface area contributed by atoms with Gasteiger partial charge in [-0.15, -0.1) is 0 Å². The topological polar surface area (TPSA) is 62.2 Å². The van der Waals surface area contributed by atoms with E-state index in [1.807, 2.05) is 37.4 Å². The van der Waals surface area contributed by atoms with Crippen LogP contribution in [0.5, 0.6) is 5.75 Å². The minimum atomic E-state index is -0.817. The standard InChI is InChI=1S/C22H28N2O4/c1-23(16-22(25)26)14-21-15-24(10-11-27-21)13-19-8-5-9-20(12-19)28-17-18-6-3-2-4-7-18/h2-9,12,21H,10-11,13-17H2,1H3,(H,25,26). The van der Waals surface area contributed by atoms with Crippen LogP contribution in [0.2, 0.25) is 0 Å². The van der Waals surface area contributed by atoms with Crippen LogP contribution in [0.25, 0.3) is 0 Å². The molecule has 0 bridgehead atoms. The monoisotopic (exact) mass is 384 g/mol. The van der Waals surface area contributed by atoms with Gasteiger partial charge in [-0.3, -0.25) is 14.6 Å². The predicted molar refractivity (Wildman–Crippen MR) is 107 cm³/mol. The fraction of sp³-hybridized carbons (Fsp3) is 0.409.